The van der Waals surface area contributed by atoms with Crippen molar-refractivity contribution < 1.29 is 54.3 Å². The summed E-state index contributed by atoms with van der Waals surface area (Å²) in [6, 6.07) is 10.8. The van der Waals surface area contributed by atoms with Crippen molar-refractivity contribution in [2.45, 2.75) is 45.2 Å². The molecule has 5 nitrogen and oxygen atoms in total. The van der Waals surface area contributed by atoms with Crippen molar-refractivity contribution in [3.8, 4) is 0 Å². The van der Waals surface area contributed by atoms with Crippen molar-refractivity contribution in [2.24, 2.45) is 11.3 Å². The molecule has 39 heavy (non-hydrogen) atoms. The molecule has 209 valence electrons. The Balaban J connectivity index is 0.000000346. The summed E-state index contributed by atoms with van der Waals surface area (Å²) < 4.78 is 49.3. The van der Waals surface area contributed by atoms with Gasteiger partial charge in [-0.25, -0.2) is 4.39 Å². The van der Waals surface area contributed by atoms with Crippen molar-refractivity contribution in [2.75, 3.05) is 26.7 Å². The molecule has 0 aromatic heterocycles. The molecule has 0 saturated carbocycles. The number of hydrogen-bond acceptors (Lipinski definition) is 3. The third-order valence-electron chi connectivity index (χ3n) is 7.25. The summed E-state index contributed by atoms with van der Waals surface area (Å²) in [5.41, 5.74) is 0.0168. The molecular weight excluding hydrogens is 593 g/mol. The van der Waals surface area contributed by atoms with Crippen LogP contribution in [0.4, 0.5) is 17.6 Å². The van der Waals surface area contributed by atoms with Gasteiger partial charge >= 0.3 is 28.6 Å². The van der Waals surface area contributed by atoms with Crippen molar-refractivity contribution in [3.63, 3.8) is 0 Å². The Labute approximate surface area is 242 Å². The first kappa shape index (κ1) is 32.6. The van der Waals surface area contributed by atoms with Gasteiger partial charge < -0.3 is 25.8 Å². The first-order valence-corrected chi connectivity index (χ1v) is 12.5. The minimum Gasteiger partial charge on any atom is -0.376 e. The van der Waals surface area contributed by atoms with Crippen LogP contribution in [0.3, 0.4) is 0 Å². The molecule has 2 aliphatic rings. The van der Waals surface area contributed by atoms with E-state index in [1.165, 1.54) is 30.6 Å². The molecule has 0 bridgehead atoms. The Hall–Kier alpha value is -2.62. The Morgan fingerprint density at radius 1 is 1.10 bits per heavy atom. The van der Waals surface area contributed by atoms with Crippen LogP contribution < -0.4 is 0 Å². The van der Waals surface area contributed by atoms with Gasteiger partial charge in [-0.05, 0) is 41.5 Å². The summed E-state index contributed by atoms with van der Waals surface area (Å²) in [6.45, 7) is 6.01. The zero-order chi connectivity index (χ0) is 28.1. The SMILES string of the molecule is CC(C)[CH-]C(=O)N1CCC2(CC1)CC(=O)N(C)CC2c1ccc(F)cc1.O=[C-]c1cccc(C(F)(F)F)c1.[Nb+2]. The molecule has 10 heteroatoms. The molecule has 4 rings (SSSR count). The van der Waals surface area contributed by atoms with Gasteiger partial charge in [-0.1, -0.05) is 32.0 Å². The number of amides is 2. The maximum atomic E-state index is 13.4. The summed E-state index contributed by atoms with van der Waals surface area (Å²) in [4.78, 5) is 38.5. The van der Waals surface area contributed by atoms with E-state index in [9.17, 15) is 31.9 Å². The van der Waals surface area contributed by atoms with Crippen LogP contribution in [0.5, 0.6) is 0 Å². The number of rotatable bonds is 4. The van der Waals surface area contributed by atoms with Gasteiger partial charge in [0.2, 0.25) is 5.91 Å². The molecule has 2 saturated heterocycles. The number of likely N-dealkylation sites (tertiary alicyclic amines) is 2. The van der Waals surface area contributed by atoms with Gasteiger partial charge in [0, 0.05) is 39.0 Å². The van der Waals surface area contributed by atoms with Gasteiger partial charge in [0.1, 0.15) is 5.82 Å². The van der Waals surface area contributed by atoms with E-state index >= 15 is 0 Å². The number of alkyl halides is 3. The van der Waals surface area contributed by atoms with Crippen LogP contribution in [0.25, 0.3) is 0 Å². The second-order valence-electron chi connectivity index (χ2n) is 10.3. The van der Waals surface area contributed by atoms with Crippen LogP contribution in [0.1, 0.15) is 55.7 Å². The number of likely N-dealkylation sites (N-methyl/N-ethyl adjacent to an activating group) is 1. The van der Waals surface area contributed by atoms with Gasteiger partial charge in [-0.2, -0.15) is 30.7 Å². The third kappa shape index (κ3) is 8.43. The zero-order valence-electron chi connectivity index (χ0n) is 22.2. The quantitative estimate of drug-likeness (QED) is 0.260. The number of carbonyl (C=O) groups is 2. The Bertz CT molecular complexity index is 1130. The Morgan fingerprint density at radius 3 is 2.26 bits per heavy atom. The second kappa shape index (κ2) is 13.6. The Morgan fingerprint density at radius 2 is 1.72 bits per heavy atom. The molecule has 1 spiro atoms. The number of halogens is 4. The average molecular weight is 625 g/mol. The van der Waals surface area contributed by atoms with Crippen LogP contribution in [-0.2, 0) is 42.9 Å². The topological polar surface area (TPSA) is 57.7 Å². The zero-order valence-corrected chi connectivity index (χ0v) is 24.4. The second-order valence-corrected chi connectivity index (χ2v) is 10.3. The predicted octanol–water partition coefficient (Wildman–Crippen LogP) is 5.40. The summed E-state index contributed by atoms with van der Waals surface area (Å²) >= 11 is 0. The van der Waals surface area contributed by atoms with E-state index in [4.69, 9.17) is 0 Å². The predicted molar refractivity (Wildman–Crippen MR) is 135 cm³/mol. The molecule has 2 fully saturated rings. The van der Waals surface area contributed by atoms with E-state index in [1.54, 1.807) is 11.3 Å². The average Bonchev–Trinajstić information content (AvgIpc) is 2.87. The molecular formula is C29H32F4N2NbO3. The number of hydrogen-bond donors (Lipinski definition) is 0. The van der Waals surface area contributed by atoms with Gasteiger partial charge in [0.15, 0.2) is 0 Å². The minimum atomic E-state index is -4.40. The van der Waals surface area contributed by atoms with Crippen molar-refractivity contribution in [1.82, 2.24) is 9.80 Å². The van der Waals surface area contributed by atoms with Gasteiger partial charge in [-0.3, -0.25) is 4.79 Å². The summed E-state index contributed by atoms with van der Waals surface area (Å²) in [6.07, 6.45) is 0.878. The molecule has 0 N–H and O–H groups in total. The Kier molecular flexibility index (Phi) is 11.4. The first-order chi connectivity index (χ1) is 17.8. The monoisotopic (exact) mass is 625 g/mol. The molecule has 2 aliphatic heterocycles. The largest absolute Gasteiger partial charge is 2.00 e. The summed E-state index contributed by atoms with van der Waals surface area (Å²) in [5.74, 6) is 0.421. The van der Waals surface area contributed by atoms with Gasteiger partial charge in [0.05, 0.1) is 12.2 Å². The first-order valence-electron chi connectivity index (χ1n) is 12.5. The van der Waals surface area contributed by atoms with E-state index in [0.29, 0.717) is 26.1 Å². The van der Waals surface area contributed by atoms with E-state index in [0.717, 1.165) is 30.5 Å². The molecule has 1 radical (unpaired) electrons. The fourth-order valence-electron chi connectivity index (χ4n) is 5.13. The summed E-state index contributed by atoms with van der Waals surface area (Å²) in [5, 5.41) is 0. The fourth-order valence-corrected chi connectivity index (χ4v) is 5.13. The molecule has 1 atom stereocenters. The molecule has 0 aliphatic carbocycles. The van der Waals surface area contributed by atoms with Crippen LogP contribution in [0.2, 0.25) is 0 Å². The van der Waals surface area contributed by atoms with Crippen molar-refractivity contribution in [1.29, 1.82) is 0 Å². The van der Waals surface area contributed by atoms with Crippen LogP contribution in [0, 0.1) is 23.6 Å². The van der Waals surface area contributed by atoms with E-state index in [2.05, 4.69) is 0 Å². The number of piperidine rings is 2. The molecule has 2 heterocycles. The fraction of sp³-hybridized carbons (Fsp3) is 0.448. The maximum Gasteiger partial charge on any atom is 2.00 e. The van der Waals surface area contributed by atoms with Crippen molar-refractivity contribution >= 4 is 18.1 Å². The standard InChI is InChI=1S/C21H28FN2O2.C8H4F3O.Nb/c1-15(2)12-19(25)24-10-8-21(9-11-24)13-20(26)23(3)14-18(21)16-4-6-17(22)7-5-16;9-8(10,11)7-3-1-2-6(4-7)5-12;/h4-7,12,15,18H,8-11,13-14H2,1-3H3;1-4H;/q2*-1;+2. The van der Waals surface area contributed by atoms with E-state index in [-0.39, 0.29) is 62.8 Å². The van der Waals surface area contributed by atoms with Gasteiger partial charge in [-0.15, -0.1) is 12.1 Å². The van der Waals surface area contributed by atoms with Crippen molar-refractivity contribution in [3.05, 3.63) is 77.5 Å². The van der Waals surface area contributed by atoms with Crippen LogP contribution in [0.15, 0.2) is 48.5 Å². The molecule has 2 amide bonds. The summed E-state index contributed by atoms with van der Waals surface area (Å²) in [7, 11) is 1.84. The van der Waals surface area contributed by atoms with E-state index < -0.39 is 11.7 Å². The van der Waals surface area contributed by atoms with Crippen LogP contribution >= 0.6 is 0 Å². The maximum absolute atomic E-state index is 13.4. The third-order valence-corrected chi connectivity index (χ3v) is 7.25. The minimum absolute atomic E-state index is 0. The van der Waals surface area contributed by atoms with Crippen LogP contribution in [-0.4, -0.2) is 54.6 Å². The van der Waals surface area contributed by atoms with Gasteiger partial charge in [0.25, 0.3) is 0 Å². The normalized spacial score (nSPS) is 18.7. The number of benzene rings is 2. The molecule has 2 aromatic carbocycles. The number of nitrogens with zero attached hydrogens (tertiary/aromatic N) is 2. The smallest absolute Gasteiger partial charge is 0.376 e. The van der Waals surface area contributed by atoms with E-state index in [1.807, 2.05) is 37.9 Å². The number of carbonyl (C=O) groups excluding carboxylic acids is 3. The molecule has 2 aromatic rings. The molecule has 1 unspecified atom stereocenters.